The molecule has 1 atom stereocenters. The quantitative estimate of drug-likeness (QED) is 0.804. The summed E-state index contributed by atoms with van der Waals surface area (Å²) in [5, 5.41) is 0. The molecule has 1 fully saturated rings. The summed E-state index contributed by atoms with van der Waals surface area (Å²) in [4.78, 5) is 12.1. The summed E-state index contributed by atoms with van der Waals surface area (Å²) in [6, 6.07) is 6.52. The zero-order valence-electron chi connectivity index (χ0n) is 9.33. The fourth-order valence-corrected chi connectivity index (χ4v) is 3.26. The molecule has 0 amide bonds. The van der Waals surface area contributed by atoms with E-state index in [0.717, 1.165) is 18.6 Å². The van der Waals surface area contributed by atoms with Gasteiger partial charge in [-0.3, -0.25) is 4.79 Å². The lowest BCUT2D eigenvalue weighted by Crippen LogP contribution is -2.30. The minimum Gasteiger partial charge on any atom is -0.298 e. The topological polar surface area (TPSA) is 17.1 Å². The van der Waals surface area contributed by atoms with Crippen molar-refractivity contribution >= 4 is 17.5 Å². The first-order valence-electron chi connectivity index (χ1n) is 5.52. The number of thioether (sulfide) groups is 1. The van der Waals surface area contributed by atoms with Crippen molar-refractivity contribution in [2.24, 2.45) is 0 Å². The van der Waals surface area contributed by atoms with Gasteiger partial charge in [-0.25, -0.2) is 4.39 Å². The van der Waals surface area contributed by atoms with Gasteiger partial charge in [0.1, 0.15) is 5.82 Å². The molecule has 0 radical (unpaired) electrons. The molecule has 1 nitrogen and oxygen atoms in total. The monoisotopic (exact) mass is 238 g/mol. The molecule has 2 rings (SSSR count). The predicted molar refractivity (Wildman–Crippen MR) is 65.2 cm³/mol. The van der Waals surface area contributed by atoms with Crippen molar-refractivity contribution in [1.29, 1.82) is 0 Å². The summed E-state index contributed by atoms with van der Waals surface area (Å²) in [6.45, 7) is 1.98. The largest absolute Gasteiger partial charge is 0.298 e. The van der Waals surface area contributed by atoms with Crippen LogP contribution in [0.15, 0.2) is 24.3 Å². The highest BCUT2D eigenvalue weighted by atomic mass is 32.2. The second-order valence-electron chi connectivity index (χ2n) is 4.37. The molecule has 0 bridgehead atoms. The molecule has 0 spiro atoms. The van der Waals surface area contributed by atoms with Crippen LogP contribution in [0.25, 0.3) is 0 Å². The van der Waals surface area contributed by atoms with Crippen LogP contribution >= 0.6 is 11.8 Å². The molecule has 1 aromatic carbocycles. The van der Waals surface area contributed by atoms with Crippen molar-refractivity contribution in [2.75, 3.05) is 5.75 Å². The molecular formula is C13H15FOS. The maximum atomic E-state index is 13.4. The van der Waals surface area contributed by atoms with Gasteiger partial charge in [-0.2, -0.15) is 0 Å². The Kier molecular flexibility index (Phi) is 3.33. The van der Waals surface area contributed by atoms with E-state index in [0.29, 0.717) is 5.56 Å². The van der Waals surface area contributed by atoms with Gasteiger partial charge in [0.15, 0.2) is 5.78 Å². The average molecular weight is 238 g/mol. The first-order valence-corrected chi connectivity index (χ1v) is 6.51. The third-order valence-corrected chi connectivity index (χ3v) is 4.68. The Bertz CT molecular complexity index is 397. The van der Waals surface area contributed by atoms with Gasteiger partial charge in [-0.05, 0) is 37.1 Å². The minimum absolute atomic E-state index is 0.153. The maximum Gasteiger partial charge on any atom is 0.153 e. The summed E-state index contributed by atoms with van der Waals surface area (Å²) in [7, 11) is 0. The van der Waals surface area contributed by atoms with Crippen LogP contribution in [0.3, 0.4) is 0 Å². The van der Waals surface area contributed by atoms with Gasteiger partial charge in [0.05, 0.1) is 4.75 Å². The standard InChI is InChI=1S/C13H15FOS/c1-13(7-4-8-16-13)12(15)9-10-5-2-3-6-11(10)14/h2-3,5-6H,4,7-9H2,1H3. The molecule has 0 aromatic heterocycles. The van der Waals surface area contributed by atoms with Crippen LogP contribution in [0, 0.1) is 5.82 Å². The number of ketones is 1. The predicted octanol–water partition coefficient (Wildman–Crippen LogP) is 3.22. The highest BCUT2D eigenvalue weighted by Gasteiger charge is 2.36. The van der Waals surface area contributed by atoms with Crippen LogP contribution in [0.1, 0.15) is 25.3 Å². The van der Waals surface area contributed by atoms with E-state index in [2.05, 4.69) is 0 Å². The first kappa shape index (κ1) is 11.6. The molecule has 1 aliphatic heterocycles. The van der Waals surface area contributed by atoms with E-state index in [-0.39, 0.29) is 22.8 Å². The van der Waals surface area contributed by atoms with Gasteiger partial charge < -0.3 is 0 Å². The molecule has 1 unspecified atom stereocenters. The van der Waals surface area contributed by atoms with E-state index in [1.165, 1.54) is 6.07 Å². The molecule has 0 aliphatic carbocycles. The van der Waals surface area contributed by atoms with Crippen molar-refractivity contribution in [3.8, 4) is 0 Å². The van der Waals surface area contributed by atoms with Gasteiger partial charge in [-0.15, -0.1) is 11.8 Å². The Morgan fingerprint density at radius 2 is 2.25 bits per heavy atom. The van der Waals surface area contributed by atoms with Crippen LogP contribution in [0.4, 0.5) is 4.39 Å². The average Bonchev–Trinajstić information content (AvgIpc) is 2.70. The van der Waals surface area contributed by atoms with Crippen LogP contribution in [0.5, 0.6) is 0 Å². The van der Waals surface area contributed by atoms with E-state index in [1.54, 1.807) is 30.0 Å². The number of halogens is 1. The van der Waals surface area contributed by atoms with Crippen LogP contribution in [-0.4, -0.2) is 16.3 Å². The van der Waals surface area contributed by atoms with Gasteiger partial charge in [0.25, 0.3) is 0 Å². The normalized spacial score (nSPS) is 24.6. The summed E-state index contributed by atoms with van der Waals surface area (Å²) >= 11 is 1.71. The molecule has 16 heavy (non-hydrogen) atoms. The second-order valence-corrected chi connectivity index (χ2v) is 5.97. The third-order valence-electron chi connectivity index (χ3n) is 3.12. The lowest BCUT2D eigenvalue weighted by Gasteiger charge is -2.20. The van der Waals surface area contributed by atoms with Gasteiger partial charge in [0.2, 0.25) is 0 Å². The highest BCUT2D eigenvalue weighted by Crippen LogP contribution is 2.39. The number of carbonyl (C=O) groups is 1. The number of benzene rings is 1. The fourth-order valence-electron chi connectivity index (χ4n) is 2.00. The number of carbonyl (C=O) groups excluding carboxylic acids is 1. The zero-order valence-corrected chi connectivity index (χ0v) is 10.1. The van der Waals surface area contributed by atoms with Crippen molar-refractivity contribution < 1.29 is 9.18 Å². The summed E-state index contributed by atoms with van der Waals surface area (Å²) < 4.78 is 13.1. The van der Waals surface area contributed by atoms with Crippen molar-refractivity contribution in [2.45, 2.75) is 30.9 Å². The maximum absolute atomic E-state index is 13.4. The molecule has 86 valence electrons. The molecular weight excluding hydrogens is 223 g/mol. The summed E-state index contributed by atoms with van der Waals surface area (Å²) in [5.41, 5.74) is 0.515. The van der Waals surface area contributed by atoms with Crippen LogP contribution in [-0.2, 0) is 11.2 Å². The molecule has 1 aliphatic rings. The Hall–Kier alpha value is -0.830. The summed E-state index contributed by atoms with van der Waals surface area (Å²) in [5.74, 6) is 0.919. The fraction of sp³-hybridized carbons (Fsp3) is 0.462. The Balaban J connectivity index is 2.10. The summed E-state index contributed by atoms with van der Waals surface area (Å²) in [6.07, 6.45) is 2.23. The van der Waals surface area contributed by atoms with Gasteiger partial charge >= 0.3 is 0 Å². The molecule has 1 saturated heterocycles. The number of hydrogen-bond donors (Lipinski definition) is 0. The molecule has 1 aromatic rings. The number of hydrogen-bond acceptors (Lipinski definition) is 2. The van der Waals surface area contributed by atoms with Crippen LogP contribution < -0.4 is 0 Å². The van der Waals surface area contributed by atoms with Gasteiger partial charge in [0, 0.05) is 6.42 Å². The molecule has 1 heterocycles. The third kappa shape index (κ3) is 2.29. The lowest BCUT2D eigenvalue weighted by molar-refractivity contribution is -0.120. The number of Topliss-reactive ketones (excluding diaryl/α,β-unsaturated/α-hetero) is 1. The van der Waals surface area contributed by atoms with Crippen molar-refractivity contribution in [1.82, 2.24) is 0 Å². The van der Waals surface area contributed by atoms with Crippen molar-refractivity contribution in [3.63, 3.8) is 0 Å². The van der Waals surface area contributed by atoms with Crippen molar-refractivity contribution in [3.05, 3.63) is 35.6 Å². The molecule has 0 N–H and O–H groups in total. The smallest absolute Gasteiger partial charge is 0.153 e. The Morgan fingerprint density at radius 3 is 2.88 bits per heavy atom. The van der Waals surface area contributed by atoms with Crippen LogP contribution in [0.2, 0.25) is 0 Å². The second kappa shape index (κ2) is 4.58. The minimum atomic E-state index is -0.289. The van der Waals surface area contributed by atoms with E-state index in [9.17, 15) is 9.18 Å². The van der Waals surface area contributed by atoms with E-state index in [4.69, 9.17) is 0 Å². The first-order chi connectivity index (χ1) is 7.62. The highest BCUT2D eigenvalue weighted by molar-refractivity contribution is 8.01. The van der Waals surface area contributed by atoms with E-state index in [1.807, 2.05) is 6.92 Å². The van der Waals surface area contributed by atoms with E-state index < -0.39 is 0 Å². The van der Waals surface area contributed by atoms with E-state index >= 15 is 0 Å². The molecule has 0 saturated carbocycles. The SMILES string of the molecule is CC1(C(=O)Cc2ccccc2F)CCCS1. The lowest BCUT2D eigenvalue weighted by atomic mass is 9.95. The Labute approximate surface area is 99.4 Å². The molecule has 3 heteroatoms. The van der Waals surface area contributed by atoms with Gasteiger partial charge in [-0.1, -0.05) is 18.2 Å². The number of rotatable bonds is 3. The zero-order chi connectivity index (χ0) is 11.6. The Morgan fingerprint density at radius 1 is 1.50 bits per heavy atom.